The molecule has 2 heterocycles. The van der Waals surface area contributed by atoms with Gasteiger partial charge in [-0.05, 0) is 31.5 Å². The number of hydrogen-bond acceptors (Lipinski definition) is 5. The summed E-state index contributed by atoms with van der Waals surface area (Å²) in [5.41, 5.74) is 1.50. The zero-order valence-electron chi connectivity index (χ0n) is 13.7. The monoisotopic (exact) mass is 350 g/mol. The molecule has 2 aromatic rings. The van der Waals surface area contributed by atoms with E-state index in [2.05, 4.69) is 27.7 Å². The first kappa shape index (κ1) is 18.4. The van der Waals surface area contributed by atoms with E-state index in [1.54, 1.807) is 12.1 Å². The molecular weight excluding hydrogens is 328 g/mol. The van der Waals surface area contributed by atoms with Gasteiger partial charge in [-0.15, -0.1) is 12.4 Å². The number of amides is 1. The molecule has 24 heavy (non-hydrogen) atoms. The minimum atomic E-state index is -0.0455. The number of carbonyl (C=O) groups is 1. The number of hydrogen-bond donors (Lipinski definition) is 2. The maximum absolute atomic E-state index is 12.0. The van der Waals surface area contributed by atoms with Crippen molar-refractivity contribution in [2.24, 2.45) is 0 Å². The van der Waals surface area contributed by atoms with E-state index < -0.39 is 0 Å². The van der Waals surface area contributed by atoms with Gasteiger partial charge in [0.1, 0.15) is 0 Å². The van der Waals surface area contributed by atoms with Crippen LogP contribution in [0.4, 0.5) is 0 Å². The number of halogens is 1. The molecule has 0 spiro atoms. The first-order valence-corrected chi connectivity index (χ1v) is 8.21. The summed E-state index contributed by atoms with van der Waals surface area (Å²) < 4.78 is 5.37. The van der Waals surface area contributed by atoms with Crippen molar-refractivity contribution in [3.8, 4) is 11.4 Å². The van der Waals surface area contributed by atoms with Crippen LogP contribution in [0.3, 0.4) is 0 Å². The zero-order valence-corrected chi connectivity index (χ0v) is 14.6. The fourth-order valence-corrected chi connectivity index (χ4v) is 2.64. The molecule has 0 bridgehead atoms. The smallest absolute Gasteiger partial charge is 0.251 e. The highest BCUT2D eigenvalue weighted by atomic mass is 35.5. The number of nitrogens with zero attached hydrogens (tertiary/aromatic N) is 2. The van der Waals surface area contributed by atoms with Crippen LogP contribution in [-0.4, -0.2) is 35.7 Å². The molecule has 130 valence electrons. The Morgan fingerprint density at radius 3 is 2.83 bits per heavy atom. The largest absolute Gasteiger partial charge is 0.352 e. The Morgan fingerprint density at radius 1 is 1.38 bits per heavy atom. The highest BCUT2D eigenvalue weighted by molar-refractivity contribution is 5.94. The zero-order chi connectivity index (χ0) is 16.1. The van der Waals surface area contributed by atoms with Gasteiger partial charge in [0.25, 0.3) is 5.91 Å². The van der Waals surface area contributed by atoms with Crippen molar-refractivity contribution in [3.05, 3.63) is 35.7 Å². The molecule has 7 heteroatoms. The predicted octanol–water partition coefficient (Wildman–Crippen LogP) is 2.77. The molecule has 6 nitrogen and oxygen atoms in total. The summed E-state index contributed by atoms with van der Waals surface area (Å²) in [6.07, 6.45) is 3.08. The maximum Gasteiger partial charge on any atom is 0.251 e. The lowest BCUT2D eigenvalue weighted by atomic mass is 10.1. The standard InChI is InChI=1S/C17H22N4O2.ClH/c1-2-3-9-19-16(22)13-6-4-12(5-7-13)15-20-17(23-21-15)14-8-10-18-11-14;/h4-7,14,18H,2-3,8-11H2,1H3,(H,19,22);1H/t14-;/m1./s1. The van der Waals surface area contributed by atoms with Crippen molar-refractivity contribution in [2.45, 2.75) is 32.1 Å². The summed E-state index contributed by atoms with van der Waals surface area (Å²) in [4.78, 5) is 16.5. The number of benzene rings is 1. The molecule has 1 amide bonds. The molecule has 1 saturated heterocycles. The van der Waals surface area contributed by atoms with E-state index >= 15 is 0 Å². The molecular formula is C17H23ClN4O2. The number of nitrogens with one attached hydrogen (secondary N) is 2. The van der Waals surface area contributed by atoms with Crippen LogP contribution in [0.2, 0.25) is 0 Å². The van der Waals surface area contributed by atoms with Crippen LogP contribution in [0.15, 0.2) is 28.8 Å². The fourth-order valence-electron chi connectivity index (χ4n) is 2.64. The second-order valence-corrected chi connectivity index (χ2v) is 5.83. The van der Waals surface area contributed by atoms with Crippen LogP contribution in [0, 0.1) is 0 Å². The second-order valence-electron chi connectivity index (χ2n) is 5.83. The van der Waals surface area contributed by atoms with E-state index in [0.29, 0.717) is 29.7 Å². The van der Waals surface area contributed by atoms with E-state index in [-0.39, 0.29) is 18.3 Å². The van der Waals surface area contributed by atoms with E-state index in [9.17, 15) is 4.79 Å². The summed E-state index contributed by atoms with van der Waals surface area (Å²) in [5, 5.41) is 10.2. The normalized spacial score (nSPS) is 16.6. The van der Waals surface area contributed by atoms with Crippen LogP contribution < -0.4 is 10.6 Å². The Labute approximate surface area is 147 Å². The van der Waals surface area contributed by atoms with Crippen molar-refractivity contribution < 1.29 is 9.32 Å². The Hall–Kier alpha value is -1.92. The second kappa shape index (κ2) is 8.80. The molecule has 1 aromatic heterocycles. The molecule has 1 fully saturated rings. The Morgan fingerprint density at radius 2 is 2.17 bits per heavy atom. The van der Waals surface area contributed by atoms with Gasteiger partial charge in [-0.2, -0.15) is 4.98 Å². The molecule has 1 aliphatic rings. The van der Waals surface area contributed by atoms with Crippen LogP contribution in [-0.2, 0) is 0 Å². The van der Waals surface area contributed by atoms with E-state index in [0.717, 1.165) is 37.9 Å². The number of rotatable bonds is 6. The van der Waals surface area contributed by atoms with Gasteiger partial charge in [0.05, 0.1) is 5.92 Å². The van der Waals surface area contributed by atoms with Crippen molar-refractivity contribution in [1.29, 1.82) is 0 Å². The first-order chi connectivity index (χ1) is 11.3. The molecule has 0 saturated carbocycles. The lowest BCUT2D eigenvalue weighted by Crippen LogP contribution is -2.24. The highest BCUT2D eigenvalue weighted by Gasteiger charge is 2.23. The van der Waals surface area contributed by atoms with Crippen molar-refractivity contribution in [1.82, 2.24) is 20.8 Å². The molecule has 0 unspecified atom stereocenters. The van der Waals surface area contributed by atoms with Crippen molar-refractivity contribution in [2.75, 3.05) is 19.6 Å². The van der Waals surface area contributed by atoms with Crippen LogP contribution in [0.1, 0.15) is 48.4 Å². The van der Waals surface area contributed by atoms with Gasteiger partial charge in [0, 0.05) is 24.2 Å². The van der Waals surface area contributed by atoms with Crippen LogP contribution in [0.25, 0.3) is 11.4 Å². The Balaban J connectivity index is 0.00000208. The SMILES string of the molecule is CCCCNC(=O)c1ccc(-c2noc([C@@H]3CCNC3)n2)cc1.Cl. The quantitative estimate of drug-likeness (QED) is 0.783. The Bertz CT molecular complexity index is 651. The highest BCUT2D eigenvalue weighted by Crippen LogP contribution is 2.24. The summed E-state index contributed by atoms with van der Waals surface area (Å²) in [6, 6.07) is 7.31. The third-order valence-electron chi connectivity index (χ3n) is 4.07. The Kier molecular flexibility index (Phi) is 6.75. The minimum absolute atomic E-state index is 0. The molecule has 1 aliphatic heterocycles. The van der Waals surface area contributed by atoms with Gasteiger partial charge in [0.2, 0.25) is 11.7 Å². The fraction of sp³-hybridized carbons (Fsp3) is 0.471. The topological polar surface area (TPSA) is 80.0 Å². The van der Waals surface area contributed by atoms with Gasteiger partial charge < -0.3 is 15.2 Å². The van der Waals surface area contributed by atoms with Gasteiger partial charge in [-0.25, -0.2) is 0 Å². The summed E-state index contributed by atoms with van der Waals surface area (Å²) in [5.74, 6) is 1.52. The lowest BCUT2D eigenvalue weighted by Gasteiger charge is -2.04. The maximum atomic E-state index is 12.0. The molecule has 3 rings (SSSR count). The first-order valence-electron chi connectivity index (χ1n) is 8.21. The van der Waals surface area contributed by atoms with E-state index in [1.807, 2.05) is 12.1 Å². The van der Waals surface area contributed by atoms with Crippen LogP contribution in [0.5, 0.6) is 0 Å². The van der Waals surface area contributed by atoms with Gasteiger partial charge in [-0.1, -0.05) is 30.6 Å². The van der Waals surface area contributed by atoms with Gasteiger partial charge >= 0.3 is 0 Å². The van der Waals surface area contributed by atoms with E-state index in [4.69, 9.17) is 4.52 Å². The minimum Gasteiger partial charge on any atom is -0.352 e. The summed E-state index contributed by atoms with van der Waals surface area (Å²) >= 11 is 0. The number of aromatic nitrogens is 2. The van der Waals surface area contributed by atoms with E-state index in [1.165, 1.54) is 0 Å². The van der Waals surface area contributed by atoms with Gasteiger partial charge in [-0.3, -0.25) is 4.79 Å². The number of unbranched alkanes of at least 4 members (excludes halogenated alkanes) is 1. The summed E-state index contributed by atoms with van der Waals surface area (Å²) in [7, 11) is 0. The molecule has 1 aromatic carbocycles. The van der Waals surface area contributed by atoms with Crippen LogP contribution >= 0.6 is 12.4 Å². The summed E-state index contributed by atoms with van der Waals surface area (Å²) in [6.45, 7) is 4.69. The third kappa shape index (κ3) is 4.33. The molecule has 2 N–H and O–H groups in total. The predicted molar refractivity (Wildman–Crippen MR) is 94.5 cm³/mol. The molecule has 1 atom stereocenters. The lowest BCUT2D eigenvalue weighted by molar-refractivity contribution is 0.0953. The molecule has 0 aliphatic carbocycles. The average molecular weight is 351 g/mol. The van der Waals surface area contributed by atoms with Gasteiger partial charge in [0.15, 0.2) is 0 Å². The molecule has 0 radical (unpaired) electrons. The third-order valence-corrected chi connectivity index (χ3v) is 4.07. The van der Waals surface area contributed by atoms with Crippen molar-refractivity contribution >= 4 is 18.3 Å². The average Bonchev–Trinajstić information content (AvgIpc) is 3.26. The van der Waals surface area contributed by atoms with Crippen molar-refractivity contribution in [3.63, 3.8) is 0 Å². The number of carbonyl (C=O) groups excluding carboxylic acids is 1.